The minimum Gasteiger partial charge on any atom is -0.324 e. The van der Waals surface area contributed by atoms with Gasteiger partial charge in [0.05, 0.1) is 0 Å². The molecule has 4 aromatic rings. The molecule has 56 heavy (non-hydrogen) atoms. The van der Waals surface area contributed by atoms with Crippen LogP contribution in [0.3, 0.4) is 0 Å². The molecule has 0 radical (unpaired) electrons. The molecule has 0 aliphatic carbocycles. The van der Waals surface area contributed by atoms with Gasteiger partial charge < -0.3 is 10.6 Å². The van der Waals surface area contributed by atoms with Crippen LogP contribution < -0.4 is 10.6 Å². The average molecular weight is 760 g/mol. The lowest BCUT2D eigenvalue weighted by molar-refractivity contribution is 0.678. The van der Waals surface area contributed by atoms with Crippen LogP contribution in [0.5, 0.6) is 0 Å². The highest BCUT2D eigenvalue weighted by atomic mass is 15.2. The number of aryl methyl sites for hydroxylation is 4. The first kappa shape index (κ1) is 45.0. The summed E-state index contributed by atoms with van der Waals surface area (Å²) in [6.45, 7) is 13.8. The molecular weight excluding hydrogens is 683 g/mol. The highest BCUT2D eigenvalue weighted by Crippen LogP contribution is 2.31. The SMILES string of the molecule is CCCCCc1cc(Nc2nc(Nc3cc(CCCCC)c(CCCCC)c(CCCCC)c3)nc(-c3ccccc3)n2)cc(CCCCC)c1CCCCC. The van der Waals surface area contributed by atoms with Gasteiger partial charge in [-0.25, -0.2) is 0 Å². The number of benzene rings is 3. The predicted molar refractivity (Wildman–Crippen MR) is 244 cm³/mol. The van der Waals surface area contributed by atoms with Gasteiger partial charge in [0.1, 0.15) is 0 Å². The molecule has 5 nitrogen and oxygen atoms in total. The number of anilines is 4. The maximum absolute atomic E-state index is 5.09. The molecule has 0 spiro atoms. The minimum absolute atomic E-state index is 0.585. The van der Waals surface area contributed by atoms with Crippen molar-refractivity contribution < 1.29 is 0 Å². The van der Waals surface area contributed by atoms with E-state index in [1.165, 1.54) is 151 Å². The summed E-state index contributed by atoms with van der Waals surface area (Å²) in [5.74, 6) is 1.85. The van der Waals surface area contributed by atoms with Gasteiger partial charge in [0.15, 0.2) is 5.82 Å². The van der Waals surface area contributed by atoms with Crippen LogP contribution in [0.4, 0.5) is 23.3 Å². The molecule has 1 heterocycles. The van der Waals surface area contributed by atoms with Crippen LogP contribution in [0, 0.1) is 0 Å². The Morgan fingerprint density at radius 1 is 0.375 bits per heavy atom. The lowest BCUT2D eigenvalue weighted by Crippen LogP contribution is -2.09. The van der Waals surface area contributed by atoms with E-state index in [2.05, 4.69) is 101 Å². The second-order valence-electron chi connectivity index (χ2n) is 16.2. The molecular formula is C51H77N5. The van der Waals surface area contributed by atoms with E-state index in [0.717, 1.165) is 42.6 Å². The molecule has 4 rings (SSSR count). The molecule has 306 valence electrons. The van der Waals surface area contributed by atoms with Crippen LogP contribution in [0.2, 0.25) is 0 Å². The molecule has 5 heteroatoms. The van der Waals surface area contributed by atoms with E-state index in [0.29, 0.717) is 17.7 Å². The Bertz CT molecular complexity index is 1520. The van der Waals surface area contributed by atoms with E-state index < -0.39 is 0 Å². The number of unbranched alkanes of at least 4 members (excludes halogenated alkanes) is 12. The fraction of sp³-hybridized carbons (Fsp3) is 0.588. The van der Waals surface area contributed by atoms with Crippen LogP contribution in [-0.2, 0) is 38.5 Å². The van der Waals surface area contributed by atoms with Crippen molar-refractivity contribution in [2.24, 2.45) is 0 Å². The van der Waals surface area contributed by atoms with Crippen molar-refractivity contribution >= 4 is 23.3 Å². The lowest BCUT2D eigenvalue weighted by Gasteiger charge is -2.19. The number of nitrogens with one attached hydrogen (secondary N) is 2. The fourth-order valence-corrected chi connectivity index (χ4v) is 8.10. The Kier molecular flexibility index (Phi) is 21.1. The third-order valence-corrected chi connectivity index (χ3v) is 11.3. The van der Waals surface area contributed by atoms with Crippen molar-refractivity contribution in [1.29, 1.82) is 0 Å². The highest BCUT2D eigenvalue weighted by Gasteiger charge is 2.16. The van der Waals surface area contributed by atoms with Crippen LogP contribution in [0.25, 0.3) is 11.4 Å². The van der Waals surface area contributed by atoms with Gasteiger partial charge in [-0.2, -0.15) is 15.0 Å². The molecule has 0 atom stereocenters. The summed E-state index contributed by atoms with van der Waals surface area (Å²) in [5.41, 5.74) is 12.4. The summed E-state index contributed by atoms with van der Waals surface area (Å²) < 4.78 is 0. The van der Waals surface area contributed by atoms with Crippen LogP contribution in [0.1, 0.15) is 190 Å². The van der Waals surface area contributed by atoms with Crippen molar-refractivity contribution in [3.63, 3.8) is 0 Å². The number of hydrogen-bond acceptors (Lipinski definition) is 5. The number of rotatable bonds is 29. The normalized spacial score (nSPS) is 11.3. The van der Waals surface area contributed by atoms with Crippen molar-refractivity contribution in [3.8, 4) is 11.4 Å². The molecule has 0 saturated heterocycles. The van der Waals surface area contributed by atoms with Crippen molar-refractivity contribution in [1.82, 2.24) is 15.0 Å². The number of hydrogen-bond donors (Lipinski definition) is 2. The summed E-state index contributed by atoms with van der Waals surface area (Å²) in [6.07, 6.45) is 29.3. The van der Waals surface area contributed by atoms with Gasteiger partial charge in [-0.3, -0.25) is 0 Å². The molecule has 0 aliphatic heterocycles. The molecule has 0 aliphatic rings. The van der Waals surface area contributed by atoms with Crippen molar-refractivity contribution in [2.45, 2.75) is 196 Å². The van der Waals surface area contributed by atoms with Gasteiger partial charge in [-0.1, -0.05) is 149 Å². The second kappa shape index (κ2) is 26.2. The van der Waals surface area contributed by atoms with Gasteiger partial charge in [0.2, 0.25) is 11.9 Å². The average Bonchev–Trinajstić information content (AvgIpc) is 3.20. The largest absolute Gasteiger partial charge is 0.324 e. The van der Waals surface area contributed by atoms with Gasteiger partial charge in [-0.15, -0.1) is 0 Å². The second-order valence-corrected chi connectivity index (χ2v) is 16.2. The predicted octanol–water partition coefficient (Wildman–Crippen LogP) is 15.4. The summed E-state index contributed by atoms with van der Waals surface area (Å²) >= 11 is 0. The van der Waals surface area contributed by atoms with E-state index in [1.54, 1.807) is 11.1 Å². The maximum atomic E-state index is 5.09. The monoisotopic (exact) mass is 760 g/mol. The van der Waals surface area contributed by atoms with E-state index in [1.807, 2.05) is 6.07 Å². The van der Waals surface area contributed by atoms with Gasteiger partial charge in [-0.05, 0) is 135 Å². The highest BCUT2D eigenvalue weighted by molar-refractivity contribution is 5.66. The first-order valence-corrected chi connectivity index (χ1v) is 23.2. The van der Waals surface area contributed by atoms with Gasteiger partial charge >= 0.3 is 0 Å². The number of aromatic nitrogens is 3. The Hall–Kier alpha value is -3.73. The summed E-state index contributed by atoms with van der Waals surface area (Å²) in [7, 11) is 0. The zero-order valence-corrected chi connectivity index (χ0v) is 36.5. The number of nitrogens with zero attached hydrogens (tertiary/aromatic N) is 3. The van der Waals surface area contributed by atoms with Gasteiger partial charge in [0.25, 0.3) is 0 Å². The third kappa shape index (κ3) is 15.0. The molecule has 0 fully saturated rings. The van der Waals surface area contributed by atoms with E-state index in [9.17, 15) is 0 Å². The van der Waals surface area contributed by atoms with Gasteiger partial charge in [0, 0.05) is 16.9 Å². The first-order chi connectivity index (χ1) is 27.5. The minimum atomic E-state index is 0.585. The molecule has 2 N–H and O–H groups in total. The molecule has 0 saturated carbocycles. The Morgan fingerprint density at radius 3 is 1.02 bits per heavy atom. The summed E-state index contributed by atoms with van der Waals surface area (Å²) in [5, 5.41) is 7.45. The topological polar surface area (TPSA) is 62.7 Å². The summed E-state index contributed by atoms with van der Waals surface area (Å²) in [4.78, 5) is 15.2. The van der Waals surface area contributed by atoms with Crippen LogP contribution in [-0.4, -0.2) is 15.0 Å². The van der Waals surface area contributed by atoms with Crippen molar-refractivity contribution in [2.75, 3.05) is 10.6 Å². The summed E-state index contributed by atoms with van der Waals surface area (Å²) in [6, 6.07) is 20.0. The fourth-order valence-electron chi connectivity index (χ4n) is 8.10. The Morgan fingerprint density at radius 2 is 0.696 bits per heavy atom. The smallest absolute Gasteiger partial charge is 0.232 e. The van der Waals surface area contributed by atoms with E-state index in [4.69, 9.17) is 15.0 Å². The van der Waals surface area contributed by atoms with Crippen LogP contribution in [0.15, 0.2) is 54.6 Å². The lowest BCUT2D eigenvalue weighted by atomic mass is 9.89. The quantitative estimate of drug-likeness (QED) is 0.0540. The van der Waals surface area contributed by atoms with Crippen LogP contribution >= 0.6 is 0 Å². The molecule has 0 amide bonds. The third-order valence-electron chi connectivity index (χ3n) is 11.3. The molecule has 0 bridgehead atoms. The zero-order valence-electron chi connectivity index (χ0n) is 36.5. The van der Waals surface area contributed by atoms with Crippen molar-refractivity contribution in [3.05, 3.63) is 88.0 Å². The molecule has 0 unspecified atom stereocenters. The zero-order chi connectivity index (χ0) is 39.8. The van der Waals surface area contributed by atoms with E-state index in [-0.39, 0.29) is 0 Å². The first-order valence-electron chi connectivity index (χ1n) is 23.2. The molecule has 3 aromatic carbocycles. The standard InChI is InChI=1S/C51H77N5/c1-7-13-20-30-41-36-45(37-42(31-21-14-8-2)47(41)34-24-17-11-5)52-50-54-49(40-28-26-19-27-29-40)55-51(56-50)53-46-38-43(32-22-15-9-3)48(35-25-18-12-6)44(39-46)33-23-16-10-4/h19,26-29,36-39H,7-18,20-25,30-35H2,1-6H3,(H2,52,53,54,55,56). The maximum Gasteiger partial charge on any atom is 0.232 e. The Labute approximate surface area is 342 Å². The molecule has 1 aromatic heterocycles. The Balaban J connectivity index is 1.78. The van der Waals surface area contributed by atoms with E-state index >= 15 is 0 Å².